The normalized spacial score (nSPS) is 24.1. The average Bonchev–Trinajstić information content (AvgIpc) is 3.54. The first-order chi connectivity index (χ1) is 12.9. The van der Waals surface area contributed by atoms with E-state index in [1.807, 2.05) is 0 Å². The summed E-state index contributed by atoms with van der Waals surface area (Å²) in [6.45, 7) is 3.27. The summed E-state index contributed by atoms with van der Waals surface area (Å²) in [5.74, 6) is 2.51. The lowest BCUT2D eigenvalue weighted by atomic mass is 9.94. The van der Waals surface area contributed by atoms with E-state index in [0.717, 1.165) is 24.7 Å². The van der Waals surface area contributed by atoms with Crippen LogP contribution in [0.5, 0.6) is 0 Å². The zero-order chi connectivity index (χ0) is 19.0. The molecule has 5 nitrogen and oxygen atoms in total. The summed E-state index contributed by atoms with van der Waals surface area (Å²) in [4.78, 5) is 12.7. The molecule has 2 saturated carbocycles. The van der Waals surface area contributed by atoms with Gasteiger partial charge in [-0.15, -0.1) is 0 Å². The molecule has 0 spiro atoms. The SMILES string of the molecule is CC1CCCN(S(=O)(=O)c2ccc(NC(=O)CC(C3CC3)C3CC3)cc2)C1. The average molecular weight is 391 g/mol. The lowest BCUT2D eigenvalue weighted by molar-refractivity contribution is -0.117. The maximum Gasteiger partial charge on any atom is 0.243 e. The summed E-state index contributed by atoms with van der Waals surface area (Å²) in [7, 11) is -3.44. The Hall–Kier alpha value is -1.40. The van der Waals surface area contributed by atoms with Crippen LogP contribution in [0, 0.1) is 23.7 Å². The summed E-state index contributed by atoms with van der Waals surface area (Å²) >= 11 is 0. The molecule has 1 aromatic rings. The molecule has 3 aliphatic rings. The predicted octanol–water partition coefficient (Wildman–Crippen LogP) is 3.87. The van der Waals surface area contributed by atoms with E-state index in [4.69, 9.17) is 0 Å². The highest BCUT2D eigenvalue weighted by Gasteiger charge is 2.42. The zero-order valence-corrected chi connectivity index (χ0v) is 16.9. The van der Waals surface area contributed by atoms with E-state index in [0.29, 0.717) is 41.9 Å². The molecule has 0 bridgehead atoms. The fourth-order valence-electron chi connectivity index (χ4n) is 4.42. The largest absolute Gasteiger partial charge is 0.326 e. The van der Waals surface area contributed by atoms with Crippen molar-refractivity contribution in [2.24, 2.45) is 23.7 Å². The van der Waals surface area contributed by atoms with Crippen molar-refractivity contribution in [2.75, 3.05) is 18.4 Å². The van der Waals surface area contributed by atoms with Crippen molar-refractivity contribution >= 4 is 21.6 Å². The molecule has 1 aliphatic heterocycles. The molecule has 2 aliphatic carbocycles. The number of amides is 1. The highest BCUT2D eigenvalue weighted by Crippen LogP contribution is 2.50. The van der Waals surface area contributed by atoms with Gasteiger partial charge in [-0.05, 0) is 86.5 Å². The number of nitrogens with one attached hydrogen (secondary N) is 1. The molecule has 3 fully saturated rings. The number of rotatable bonds is 7. The summed E-state index contributed by atoms with van der Waals surface area (Å²) < 4.78 is 27.2. The number of sulfonamides is 1. The number of piperidine rings is 1. The van der Waals surface area contributed by atoms with Gasteiger partial charge in [0.05, 0.1) is 4.90 Å². The van der Waals surface area contributed by atoms with E-state index in [9.17, 15) is 13.2 Å². The van der Waals surface area contributed by atoms with Gasteiger partial charge >= 0.3 is 0 Å². The van der Waals surface area contributed by atoms with E-state index in [1.54, 1.807) is 28.6 Å². The second-order valence-electron chi connectivity index (χ2n) is 8.73. The minimum atomic E-state index is -3.44. The van der Waals surface area contributed by atoms with Gasteiger partial charge in [0.2, 0.25) is 15.9 Å². The Morgan fingerprint density at radius 3 is 2.30 bits per heavy atom. The van der Waals surface area contributed by atoms with Crippen LogP contribution in [0.3, 0.4) is 0 Å². The summed E-state index contributed by atoms with van der Waals surface area (Å²) in [5.41, 5.74) is 0.677. The molecule has 0 radical (unpaired) electrons. The molecule has 1 saturated heterocycles. The standard InChI is InChI=1S/C21H30N2O3S/c1-15-3-2-12-23(14-15)27(25,26)19-10-8-18(9-11-19)22-21(24)13-20(16-4-5-16)17-6-7-17/h8-11,15-17,20H,2-7,12-14H2,1H3,(H,22,24). The summed E-state index contributed by atoms with van der Waals surface area (Å²) in [6.07, 6.45) is 7.69. The summed E-state index contributed by atoms with van der Waals surface area (Å²) in [5, 5.41) is 2.96. The molecular formula is C21H30N2O3S. The third-order valence-corrected chi connectivity index (χ3v) is 8.15. The van der Waals surface area contributed by atoms with Gasteiger partial charge in [-0.3, -0.25) is 4.79 Å². The Bertz CT molecular complexity index is 770. The highest BCUT2D eigenvalue weighted by molar-refractivity contribution is 7.89. The number of hydrogen-bond acceptors (Lipinski definition) is 3. The Morgan fingerprint density at radius 2 is 1.74 bits per heavy atom. The maximum absolute atomic E-state index is 12.8. The number of benzene rings is 1. The number of hydrogen-bond donors (Lipinski definition) is 1. The molecule has 6 heteroatoms. The third-order valence-electron chi connectivity index (χ3n) is 6.27. The Labute approximate surface area is 162 Å². The van der Waals surface area contributed by atoms with Crippen molar-refractivity contribution in [1.82, 2.24) is 4.31 Å². The lowest BCUT2D eigenvalue weighted by Gasteiger charge is -2.30. The van der Waals surface area contributed by atoms with Crippen LogP contribution in [-0.4, -0.2) is 31.7 Å². The molecule has 4 rings (SSSR count). The molecule has 1 N–H and O–H groups in total. The van der Waals surface area contributed by atoms with Gasteiger partial charge in [-0.2, -0.15) is 4.31 Å². The molecule has 1 atom stereocenters. The Kier molecular flexibility index (Phi) is 5.30. The van der Waals surface area contributed by atoms with E-state index < -0.39 is 10.0 Å². The topological polar surface area (TPSA) is 66.5 Å². The first-order valence-corrected chi connectivity index (χ1v) is 11.8. The van der Waals surface area contributed by atoms with Crippen LogP contribution in [0.2, 0.25) is 0 Å². The fourth-order valence-corrected chi connectivity index (χ4v) is 6.02. The fraction of sp³-hybridized carbons (Fsp3) is 0.667. The van der Waals surface area contributed by atoms with Crippen LogP contribution >= 0.6 is 0 Å². The Balaban J connectivity index is 1.37. The van der Waals surface area contributed by atoms with Crippen LogP contribution in [0.25, 0.3) is 0 Å². The van der Waals surface area contributed by atoms with Crippen molar-refractivity contribution < 1.29 is 13.2 Å². The van der Waals surface area contributed by atoms with Crippen LogP contribution in [0.15, 0.2) is 29.2 Å². The van der Waals surface area contributed by atoms with Gasteiger partial charge in [0, 0.05) is 25.2 Å². The van der Waals surface area contributed by atoms with Crippen molar-refractivity contribution in [2.45, 2.75) is 56.8 Å². The van der Waals surface area contributed by atoms with Gasteiger partial charge in [-0.25, -0.2) is 8.42 Å². The van der Waals surface area contributed by atoms with Gasteiger partial charge in [-0.1, -0.05) is 6.92 Å². The zero-order valence-electron chi connectivity index (χ0n) is 16.1. The van der Waals surface area contributed by atoms with E-state index in [1.165, 1.54) is 25.7 Å². The smallest absolute Gasteiger partial charge is 0.243 e. The minimum Gasteiger partial charge on any atom is -0.326 e. The lowest BCUT2D eigenvalue weighted by Crippen LogP contribution is -2.39. The van der Waals surface area contributed by atoms with E-state index in [2.05, 4.69) is 12.2 Å². The first kappa shape index (κ1) is 18.9. The van der Waals surface area contributed by atoms with Crippen molar-refractivity contribution in [3.05, 3.63) is 24.3 Å². The molecular weight excluding hydrogens is 360 g/mol. The number of carbonyl (C=O) groups excluding carboxylic acids is 1. The number of nitrogens with zero attached hydrogens (tertiary/aromatic N) is 1. The highest BCUT2D eigenvalue weighted by atomic mass is 32.2. The first-order valence-electron chi connectivity index (χ1n) is 10.3. The van der Waals surface area contributed by atoms with Gasteiger partial charge < -0.3 is 5.32 Å². The summed E-state index contributed by atoms with van der Waals surface area (Å²) in [6, 6.07) is 6.65. The quantitative estimate of drug-likeness (QED) is 0.768. The van der Waals surface area contributed by atoms with E-state index in [-0.39, 0.29) is 5.91 Å². The third kappa shape index (κ3) is 4.54. The van der Waals surface area contributed by atoms with Crippen LogP contribution < -0.4 is 5.32 Å². The van der Waals surface area contributed by atoms with Crippen molar-refractivity contribution in [3.8, 4) is 0 Å². The van der Waals surface area contributed by atoms with Crippen molar-refractivity contribution in [3.63, 3.8) is 0 Å². The molecule has 0 aromatic heterocycles. The molecule has 1 amide bonds. The maximum atomic E-state index is 12.8. The second kappa shape index (κ2) is 7.55. The Morgan fingerprint density at radius 1 is 1.11 bits per heavy atom. The van der Waals surface area contributed by atoms with E-state index >= 15 is 0 Å². The predicted molar refractivity (Wildman–Crippen MR) is 106 cm³/mol. The number of carbonyl (C=O) groups is 1. The van der Waals surface area contributed by atoms with Gasteiger partial charge in [0.15, 0.2) is 0 Å². The van der Waals surface area contributed by atoms with Crippen molar-refractivity contribution in [1.29, 1.82) is 0 Å². The van der Waals surface area contributed by atoms with Gasteiger partial charge in [0.25, 0.3) is 0 Å². The minimum absolute atomic E-state index is 0.0549. The molecule has 1 aromatic carbocycles. The molecule has 1 heterocycles. The molecule has 27 heavy (non-hydrogen) atoms. The molecule has 1 unspecified atom stereocenters. The van der Waals surface area contributed by atoms with Crippen LogP contribution in [0.1, 0.15) is 51.9 Å². The second-order valence-corrected chi connectivity index (χ2v) is 10.7. The number of anilines is 1. The van der Waals surface area contributed by atoms with Gasteiger partial charge in [0.1, 0.15) is 0 Å². The molecule has 148 valence electrons. The van der Waals surface area contributed by atoms with Crippen LogP contribution in [-0.2, 0) is 14.8 Å². The monoisotopic (exact) mass is 390 g/mol. The van der Waals surface area contributed by atoms with Crippen LogP contribution in [0.4, 0.5) is 5.69 Å².